The van der Waals surface area contributed by atoms with Gasteiger partial charge in [0.25, 0.3) is 0 Å². The van der Waals surface area contributed by atoms with Gasteiger partial charge < -0.3 is 9.84 Å². The SMILES string of the molecule is O=C(O)C1CCc2ccc(Oc3cccc(C(F)(F)F)c3)cc2C1. The Morgan fingerprint density at radius 3 is 2.54 bits per heavy atom. The molecule has 1 aliphatic rings. The molecule has 1 aliphatic carbocycles. The molecule has 0 spiro atoms. The van der Waals surface area contributed by atoms with Crippen molar-refractivity contribution in [3.8, 4) is 11.5 Å². The Kier molecular flexibility index (Phi) is 4.22. The number of benzene rings is 2. The highest BCUT2D eigenvalue weighted by molar-refractivity contribution is 5.71. The van der Waals surface area contributed by atoms with Gasteiger partial charge in [-0.3, -0.25) is 4.79 Å². The number of hydrogen-bond donors (Lipinski definition) is 1. The van der Waals surface area contributed by atoms with E-state index in [1.165, 1.54) is 12.1 Å². The zero-order valence-corrected chi connectivity index (χ0v) is 12.6. The van der Waals surface area contributed by atoms with Crippen LogP contribution in [0.3, 0.4) is 0 Å². The molecule has 1 unspecified atom stereocenters. The summed E-state index contributed by atoms with van der Waals surface area (Å²) in [6.45, 7) is 0. The second-order valence-electron chi connectivity index (χ2n) is 5.84. The van der Waals surface area contributed by atoms with Crippen molar-refractivity contribution in [2.24, 2.45) is 5.92 Å². The average molecular weight is 336 g/mol. The van der Waals surface area contributed by atoms with Crippen molar-refractivity contribution in [2.75, 3.05) is 0 Å². The van der Waals surface area contributed by atoms with Crippen molar-refractivity contribution in [3.05, 3.63) is 59.2 Å². The molecule has 0 radical (unpaired) electrons. The Morgan fingerprint density at radius 2 is 1.83 bits per heavy atom. The molecule has 3 nitrogen and oxygen atoms in total. The first-order chi connectivity index (χ1) is 11.3. The van der Waals surface area contributed by atoms with E-state index in [9.17, 15) is 18.0 Å². The number of halogens is 3. The third-order valence-electron chi connectivity index (χ3n) is 4.15. The first kappa shape index (κ1) is 16.4. The number of carbonyl (C=O) groups is 1. The number of alkyl halides is 3. The van der Waals surface area contributed by atoms with Gasteiger partial charge in [0.05, 0.1) is 11.5 Å². The maximum atomic E-state index is 12.7. The van der Waals surface area contributed by atoms with E-state index in [4.69, 9.17) is 9.84 Å². The molecular weight excluding hydrogens is 321 g/mol. The molecule has 6 heteroatoms. The third-order valence-corrected chi connectivity index (χ3v) is 4.15. The Bertz CT molecular complexity index is 768. The van der Waals surface area contributed by atoms with Crippen molar-refractivity contribution in [1.29, 1.82) is 0 Å². The lowest BCUT2D eigenvalue weighted by Crippen LogP contribution is -2.22. The van der Waals surface area contributed by atoms with Crippen molar-refractivity contribution in [3.63, 3.8) is 0 Å². The van der Waals surface area contributed by atoms with Crippen LogP contribution in [0.25, 0.3) is 0 Å². The van der Waals surface area contributed by atoms with Crippen molar-refractivity contribution < 1.29 is 27.8 Å². The molecule has 0 bridgehead atoms. The number of fused-ring (bicyclic) bond motifs is 1. The molecule has 0 heterocycles. The summed E-state index contributed by atoms with van der Waals surface area (Å²) in [5, 5.41) is 9.14. The highest BCUT2D eigenvalue weighted by Crippen LogP contribution is 2.34. The molecule has 1 atom stereocenters. The standard InChI is InChI=1S/C18H15F3O3/c19-18(20,21)14-2-1-3-15(10-14)24-16-7-6-11-4-5-12(17(22)23)8-13(11)9-16/h1-3,6-7,9-10,12H,4-5,8H2,(H,22,23). The van der Waals surface area contributed by atoms with Crippen LogP contribution in [0, 0.1) is 5.92 Å². The maximum Gasteiger partial charge on any atom is 0.416 e. The van der Waals surface area contributed by atoms with E-state index in [0.29, 0.717) is 25.0 Å². The van der Waals surface area contributed by atoms with Crippen LogP contribution in [-0.2, 0) is 23.8 Å². The Labute approximate surface area is 136 Å². The fraction of sp³-hybridized carbons (Fsp3) is 0.278. The minimum atomic E-state index is -4.43. The second-order valence-corrected chi connectivity index (χ2v) is 5.84. The van der Waals surface area contributed by atoms with Crippen LogP contribution in [0.2, 0.25) is 0 Å². The molecule has 24 heavy (non-hydrogen) atoms. The van der Waals surface area contributed by atoms with Gasteiger partial charge in [-0.1, -0.05) is 12.1 Å². The minimum Gasteiger partial charge on any atom is -0.481 e. The van der Waals surface area contributed by atoms with Gasteiger partial charge >= 0.3 is 12.1 Å². The van der Waals surface area contributed by atoms with E-state index < -0.39 is 23.6 Å². The third kappa shape index (κ3) is 3.53. The van der Waals surface area contributed by atoms with Crippen LogP contribution in [0.5, 0.6) is 11.5 Å². The topological polar surface area (TPSA) is 46.5 Å². The summed E-state index contributed by atoms with van der Waals surface area (Å²) in [5.41, 5.74) is 1.16. The van der Waals surface area contributed by atoms with Crippen LogP contribution < -0.4 is 4.74 Å². The number of carboxylic acids is 1. The predicted molar refractivity (Wildman–Crippen MR) is 81.1 cm³/mol. The van der Waals surface area contributed by atoms with Gasteiger partial charge in [-0.15, -0.1) is 0 Å². The zero-order chi connectivity index (χ0) is 17.3. The quantitative estimate of drug-likeness (QED) is 0.885. The lowest BCUT2D eigenvalue weighted by molar-refractivity contribution is -0.142. The second kappa shape index (κ2) is 6.19. The monoisotopic (exact) mass is 336 g/mol. The number of ether oxygens (including phenoxy) is 1. The van der Waals surface area contributed by atoms with Gasteiger partial charge in [0.1, 0.15) is 11.5 Å². The maximum absolute atomic E-state index is 12.7. The van der Waals surface area contributed by atoms with E-state index in [-0.39, 0.29) is 5.75 Å². The number of aliphatic carboxylic acids is 1. The molecule has 1 N–H and O–H groups in total. The van der Waals surface area contributed by atoms with Crippen LogP contribution >= 0.6 is 0 Å². The largest absolute Gasteiger partial charge is 0.481 e. The number of carboxylic acid groups (broad SMARTS) is 1. The molecule has 0 amide bonds. The van der Waals surface area contributed by atoms with E-state index >= 15 is 0 Å². The molecule has 0 saturated carbocycles. The molecule has 0 saturated heterocycles. The van der Waals surface area contributed by atoms with Gasteiger partial charge in [-0.05, 0) is 60.7 Å². The van der Waals surface area contributed by atoms with Gasteiger partial charge in [-0.2, -0.15) is 13.2 Å². The van der Waals surface area contributed by atoms with E-state index in [1.54, 1.807) is 12.1 Å². The first-order valence-corrected chi connectivity index (χ1v) is 7.52. The van der Waals surface area contributed by atoms with Gasteiger partial charge in [0.15, 0.2) is 0 Å². The van der Waals surface area contributed by atoms with Gasteiger partial charge in [0, 0.05) is 0 Å². The molecule has 0 fully saturated rings. The lowest BCUT2D eigenvalue weighted by Gasteiger charge is -2.22. The molecule has 126 valence electrons. The van der Waals surface area contributed by atoms with Crippen molar-refractivity contribution in [2.45, 2.75) is 25.4 Å². The normalized spacial score (nSPS) is 17.2. The minimum absolute atomic E-state index is 0.0929. The lowest BCUT2D eigenvalue weighted by atomic mass is 9.84. The predicted octanol–water partition coefficient (Wildman–Crippen LogP) is 4.69. The highest BCUT2D eigenvalue weighted by atomic mass is 19.4. The molecule has 3 rings (SSSR count). The van der Waals surface area contributed by atoms with Crippen LogP contribution in [0.4, 0.5) is 13.2 Å². The smallest absolute Gasteiger partial charge is 0.416 e. The fourth-order valence-electron chi connectivity index (χ4n) is 2.88. The zero-order valence-electron chi connectivity index (χ0n) is 12.6. The summed E-state index contributed by atoms with van der Waals surface area (Å²) >= 11 is 0. The van der Waals surface area contributed by atoms with E-state index in [2.05, 4.69) is 0 Å². The van der Waals surface area contributed by atoms with E-state index in [0.717, 1.165) is 23.3 Å². The van der Waals surface area contributed by atoms with E-state index in [1.807, 2.05) is 6.07 Å². The molecule has 2 aromatic carbocycles. The molecule has 0 aromatic heterocycles. The summed E-state index contributed by atoms with van der Waals surface area (Å²) in [6, 6.07) is 9.92. The molecule has 2 aromatic rings. The molecule has 0 aliphatic heterocycles. The van der Waals surface area contributed by atoms with Crippen molar-refractivity contribution in [1.82, 2.24) is 0 Å². The Hall–Kier alpha value is -2.50. The first-order valence-electron chi connectivity index (χ1n) is 7.52. The van der Waals surface area contributed by atoms with Crippen LogP contribution in [0.15, 0.2) is 42.5 Å². The summed E-state index contributed by atoms with van der Waals surface area (Å²) in [7, 11) is 0. The summed E-state index contributed by atoms with van der Waals surface area (Å²) < 4.78 is 43.7. The Balaban J connectivity index is 1.82. The van der Waals surface area contributed by atoms with Gasteiger partial charge in [-0.25, -0.2) is 0 Å². The van der Waals surface area contributed by atoms with Gasteiger partial charge in [0.2, 0.25) is 0 Å². The van der Waals surface area contributed by atoms with Crippen LogP contribution in [-0.4, -0.2) is 11.1 Å². The summed E-state index contributed by atoms with van der Waals surface area (Å²) in [6.07, 6.45) is -2.75. The highest BCUT2D eigenvalue weighted by Gasteiger charge is 2.30. The van der Waals surface area contributed by atoms with Crippen molar-refractivity contribution >= 4 is 5.97 Å². The molecular formula is C18H15F3O3. The number of aryl methyl sites for hydroxylation is 1. The number of hydrogen-bond acceptors (Lipinski definition) is 2. The summed E-state index contributed by atoms with van der Waals surface area (Å²) in [5.74, 6) is -0.763. The number of rotatable bonds is 3. The fourth-order valence-corrected chi connectivity index (χ4v) is 2.88. The summed E-state index contributed by atoms with van der Waals surface area (Å²) in [4.78, 5) is 11.1. The Morgan fingerprint density at radius 1 is 1.08 bits per heavy atom. The average Bonchev–Trinajstić information content (AvgIpc) is 2.53. The van der Waals surface area contributed by atoms with Crippen LogP contribution in [0.1, 0.15) is 23.1 Å².